The third kappa shape index (κ3) is 2.98. The third-order valence-electron chi connectivity index (χ3n) is 4.89. The Kier molecular flexibility index (Phi) is 4.19. The van der Waals surface area contributed by atoms with Crippen LogP contribution < -0.4 is 0 Å². The van der Waals surface area contributed by atoms with Crippen molar-refractivity contribution in [1.29, 1.82) is 0 Å². The van der Waals surface area contributed by atoms with Crippen molar-refractivity contribution in [3.05, 3.63) is 108 Å². The quantitative estimate of drug-likeness (QED) is 0.329. The first-order valence-electron chi connectivity index (χ1n) is 9.18. The monoisotopic (exact) mass is 380 g/mol. The first kappa shape index (κ1) is 16.8. The number of halogens is 1. The molecule has 0 radical (unpaired) electrons. The Labute approximate surface area is 168 Å². The number of rotatable bonds is 3. The minimum atomic E-state index is 0.740. The number of benzene rings is 3. The van der Waals surface area contributed by atoms with E-state index in [9.17, 15) is 0 Å². The summed E-state index contributed by atoms with van der Waals surface area (Å²) in [6.07, 6.45) is 4.18. The van der Waals surface area contributed by atoms with Crippen molar-refractivity contribution in [3.63, 3.8) is 0 Å². The predicted molar refractivity (Wildman–Crippen MR) is 117 cm³/mol. The summed E-state index contributed by atoms with van der Waals surface area (Å²) in [5, 5.41) is 0.740. The molecule has 5 rings (SSSR count). The highest BCUT2D eigenvalue weighted by Gasteiger charge is 2.13. The summed E-state index contributed by atoms with van der Waals surface area (Å²) in [6, 6.07) is 30.7. The zero-order valence-corrected chi connectivity index (χ0v) is 15.8. The van der Waals surface area contributed by atoms with Crippen molar-refractivity contribution in [2.75, 3.05) is 0 Å². The Morgan fingerprint density at radius 3 is 1.96 bits per heavy atom. The van der Waals surface area contributed by atoms with Crippen molar-refractivity contribution in [1.82, 2.24) is 9.38 Å². The summed E-state index contributed by atoms with van der Waals surface area (Å²) in [5.41, 5.74) is 7.28. The molecule has 0 N–H and O–H groups in total. The van der Waals surface area contributed by atoms with Gasteiger partial charge in [-0.2, -0.15) is 0 Å². The summed E-state index contributed by atoms with van der Waals surface area (Å²) >= 11 is 6.48. The van der Waals surface area contributed by atoms with Gasteiger partial charge in [-0.05, 0) is 17.7 Å². The van der Waals surface area contributed by atoms with Crippen LogP contribution in [0.5, 0.6) is 0 Å². The number of hydrogen-bond donors (Lipinski definition) is 0. The molecule has 0 aliphatic heterocycles. The maximum Gasteiger partial charge on any atom is 0.145 e. The molecule has 0 aliphatic carbocycles. The molecule has 0 spiro atoms. The minimum Gasteiger partial charge on any atom is -0.305 e. The molecule has 134 valence electrons. The molecule has 0 aliphatic rings. The van der Waals surface area contributed by atoms with Gasteiger partial charge in [0.2, 0.25) is 0 Å². The molecule has 2 aromatic heterocycles. The van der Waals surface area contributed by atoms with E-state index in [4.69, 9.17) is 16.6 Å². The molecule has 0 saturated carbocycles. The van der Waals surface area contributed by atoms with E-state index >= 15 is 0 Å². The topological polar surface area (TPSA) is 17.3 Å². The van der Waals surface area contributed by atoms with Crippen molar-refractivity contribution in [2.45, 2.75) is 0 Å². The van der Waals surface area contributed by atoms with Crippen LogP contribution >= 0.6 is 11.6 Å². The van der Waals surface area contributed by atoms with Gasteiger partial charge in [0, 0.05) is 39.7 Å². The number of fused-ring (bicyclic) bond motifs is 1. The van der Waals surface area contributed by atoms with E-state index in [0.29, 0.717) is 0 Å². The van der Waals surface area contributed by atoms with E-state index in [2.05, 4.69) is 59.3 Å². The van der Waals surface area contributed by atoms with Crippen LogP contribution in [0.4, 0.5) is 0 Å². The molecule has 0 amide bonds. The van der Waals surface area contributed by atoms with Gasteiger partial charge in [-0.3, -0.25) is 0 Å². The first-order valence-corrected chi connectivity index (χ1v) is 9.56. The average molecular weight is 381 g/mol. The molecule has 3 aromatic carbocycles. The van der Waals surface area contributed by atoms with E-state index in [1.165, 1.54) is 0 Å². The number of hydrogen-bond acceptors (Lipinski definition) is 1. The number of nitrogens with zero attached hydrogens (tertiary/aromatic N) is 2. The Balaban J connectivity index is 1.79. The normalized spacial score (nSPS) is 11.0. The van der Waals surface area contributed by atoms with Crippen LogP contribution in [0, 0.1) is 0 Å². The fraction of sp³-hybridized carbons (Fsp3) is 0. The van der Waals surface area contributed by atoms with E-state index in [0.717, 1.165) is 44.2 Å². The average Bonchev–Trinajstić information content (AvgIpc) is 3.19. The van der Waals surface area contributed by atoms with Crippen LogP contribution in [0.1, 0.15) is 0 Å². The van der Waals surface area contributed by atoms with Crippen LogP contribution in [0.2, 0.25) is 5.02 Å². The number of aromatic nitrogens is 2. The third-order valence-corrected chi connectivity index (χ3v) is 5.22. The lowest BCUT2D eigenvalue weighted by Crippen LogP contribution is -1.91. The smallest absolute Gasteiger partial charge is 0.145 e. The van der Waals surface area contributed by atoms with Crippen LogP contribution in [0.15, 0.2) is 103 Å². The highest BCUT2D eigenvalue weighted by molar-refractivity contribution is 6.33. The minimum absolute atomic E-state index is 0.740. The zero-order valence-electron chi connectivity index (χ0n) is 15.1. The summed E-state index contributed by atoms with van der Waals surface area (Å²) in [5.74, 6) is 0. The van der Waals surface area contributed by atoms with Crippen molar-refractivity contribution in [2.24, 2.45) is 0 Å². The number of imidazole rings is 1. The van der Waals surface area contributed by atoms with Crippen LogP contribution in [0.25, 0.3) is 39.2 Å². The van der Waals surface area contributed by atoms with E-state index in [1.54, 1.807) is 0 Å². The molecule has 0 unspecified atom stereocenters. The molecule has 28 heavy (non-hydrogen) atoms. The molecule has 0 bridgehead atoms. The molecule has 0 fully saturated rings. The molecule has 0 saturated heterocycles. The standard InChI is InChI=1S/C25H17ClN2/c26-23-14-8-7-13-21(23)20-15-22(18-9-3-1-4-10-18)25-27-24(17-28(25)16-20)19-11-5-2-6-12-19/h1-17H. The lowest BCUT2D eigenvalue weighted by atomic mass is 10.0. The second-order valence-electron chi connectivity index (χ2n) is 6.71. The van der Waals surface area contributed by atoms with E-state index < -0.39 is 0 Å². The summed E-state index contributed by atoms with van der Waals surface area (Å²) < 4.78 is 2.10. The van der Waals surface area contributed by atoms with Gasteiger partial charge in [-0.25, -0.2) is 4.98 Å². The van der Waals surface area contributed by atoms with Crippen LogP contribution in [-0.2, 0) is 0 Å². The fourth-order valence-electron chi connectivity index (χ4n) is 3.52. The van der Waals surface area contributed by atoms with Gasteiger partial charge >= 0.3 is 0 Å². The fourth-order valence-corrected chi connectivity index (χ4v) is 3.76. The van der Waals surface area contributed by atoms with Crippen molar-refractivity contribution < 1.29 is 0 Å². The second-order valence-corrected chi connectivity index (χ2v) is 7.12. The van der Waals surface area contributed by atoms with Crippen molar-refractivity contribution in [3.8, 4) is 33.5 Å². The molecule has 2 nitrogen and oxygen atoms in total. The first-order chi connectivity index (χ1) is 13.8. The lowest BCUT2D eigenvalue weighted by molar-refractivity contribution is 1.19. The van der Waals surface area contributed by atoms with Gasteiger partial charge in [0.1, 0.15) is 5.65 Å². The molecular formula is C25H17ClN2. The number of pyridine rings is 1. The largest absolute Gasteiger partial charge is 0.305 e. The van der Waals surface area contributed by atoms with Gasteiger partial charge in [0.15, 0.2) is 0 Å². The molecule has 0 atom stereocenters. The SMILES string of the molecule is Clc1ccccc1-c1cc(-c2ccccc2)c2nc(-c3ccccc3)cn2c1. The summed E-state index contributed by atoms with van der Waals surface area (Å²) in [7, 11) is 0. The molecule has 5 aromatic rings. The molecule has 3 heteroatoms. The van der Waals surface area contributed by atoms with Crippen LogP contribution in [0.3, 0.4) is 0 Å². The maximum atomic E-state index is 6.48. The van der Waals surface area contributed by atoms with Crippen LogP contribution in [-0.4, -0.2) is 9.38 Å². The maximum absolute atomic E-state index is 6.48. The Bertz CT molecular complexity index is 1260. The van der Waals surface area contributed by atoms with Crippen molar-refractivity contribution >= 4 is 17.2 Å². The van der Waals surface area contributed by atoms with E-state index in [1.807, 2.05) is 48.5 Å². The highest BCUT2D eigenvalue weighted by Crippen LogP contribution is 2.34. The van der Waals surface area contributed by atoms with Gasteiger partial charge in [0.25, 0.3) is 0 Å². The van der Waals surface area contributed by atoms with E-state index in [-0.39, 0.29) is 0 Å². The van der Waals surface area contributed by atoms with Gasteiger partial charge in [0.05, 0.1) is 5.69 Å². The lowest BCUT2D eigenvalue weighted by Gasteiger charge is -2.10. The highest BCUT2D eigenvalue weighted by atomic mass is 35.5. The Hall–Kier alpha value is -3.36. The second kappa shape index (κ2) is 6.99. The summed E-state index contributed by atoms with van der Waals surface area (Å²) in [6.45, 7) is 0. The summed E-state index contributed by atoms with van der Waals surface area (Å²) in [4.78, 5) is 4.95. The predicted octanol–water partition coefficient (Wildman–Crippen LogP) is 6.99. The Morgan fingerprint density at radius 2 is 1.25 bits per heavy atom. The van der Waals surface area contributed by atoms with Gasteiger partial charge in [-0.1, -0.05) is 90.5 Å². The van der Waals surface area contributed by atoms with Gasteiger partial charge in [-0.15, -0.1) is 0 Å². The molecular weight excluding hydrogens is 364 g/mol. The zero-order chi connectivity index (χ0) is 18.9. The van der Waals surface area contributed by atoms with Gasteiger partial charge < -0.3 is 4.40 Å². The molecule has 2 heterocycles. The Morgan fingerprint density at radius 1 is 0.607 bits per heavy atom.